The normalized spacial score (nSPS) is 11.0. The molecule has 4 nitrogen and oxygen atoms in total. The van der Waals surface area contributed by atoms with E-state index in [1.54, 1.807) is 13.0 Å². The van der Waals surface area contributed by atoms with Gasteiger partial charge < -0.3 is 0 Å². The zero-order chi connectivity index (χ0) is 11.5. The Balaban J connectivity index is 3.40. The number of rotatable bonds is 3. The largest absolute Gasteiger partial charge is 0.241 e. The maximum atomic E-state index is 11.6. The minimum Gasteiger partial charge on any atom is -0.241 e. The molecule has 1 aromatic rings. The summed E-state index contributed by atoms with van der Waals surface area (Å²) in [4.78, 5) is 4.02. The molecule has 1 heterocycles. The van der Waals surface area contributed by atoms with Crippen LogP contribution in [0.25, 0.3) is 0 Å². The van der Waals surface area contributed by atoms with Gasteiger partial charge in [-0.2, -0.15) is 5.26 Å². The topological polar surface area (TPSA) is 70.8 Å². The highest BCUT2D eigenvalue weighted by Crippen LogP contribution is 2.15. The van der Waals surface area contributed by atoms with Crippen LogP contribution in [0.15, 0.2) is 17.0 Å². The second-order valence-corrected chi connectivity index (χ2v) is 5.26. The Morgan fingerprint density at radius 2 is 2.07 bits per heavy atom. The maximum Gasteiger partial charge on any atom is 0.180 e. The number of nitrogens with zero attached hydrogens (tertiary/aromatic N) is 2. The standard InChI is InChI=1S/C10H12N2O2S/c1-3-8-5-6-10(9(7-11)12-8)15(13,14)4-2/h5-6H,3-4H2,1-2H3. The fourth-order valence-electron chi connectivity index (χ4n) is 1.17. The number of aromatic nitrogens is 1. The fourth-order valence-corrected chi connectivity index (χ4v) is 2.14. The van der Waals surface area contributed by atoms with Gasteiger partial charge in [0.25, 0.3) is 0 Å². The highest BCUT2D eigenvalue weighted by molar-refractivity contribution is 7.91. The van der Waals surface area contributed by atoms with E-state index >= 15 is 0 Å². The van der Waals surface area contributed by atoms with Gasteiger partial charge in [0.2, 0.25) is 0 Å². The lowest BCUT2D eigenvalue weighted by atomic mass is 10.2. The van der Waals surface area contributed by atoms with Crippen molar-refractivity contribution in [3.8, 4) is 6.07 Å². The van der Waals surface area contributed by atoms with E-state index in [0.29, 0.717) is 6.42 Å². The molecule has 0 aliphatic rings. The van der Waals surface area contributed by atoms with Crippen LogP contribution in [0.1, 0.15) is 25.2 Å². The average molecular weight is 224 g/mol. The summed E-state index contributed by atoms with van der Waals surface area (Å²) >= 11 is 0. The summed E-state index contributed by atoms with van der Waals surface area (Å²) in [5, 5.41) is 8.82. The van der Waals surface area contributed by atoms with Crippen molar-refractivity contribution in [1.82, 2.24) is 4.98 Å². The SMILES string of the molecule is CCc1ccc(S(=O)(=O)CC)c(C#N)n1. The van der Waals surface area contributed by atoms with Crippen molar-refractivity contribution in [2.75, 3.05) is 5.75 Å². The van der Waals surface area contributed by atoms with Crippen molar-refractivity contribution >= 4 is 9.84 Å². The number of nitriles is 1. The summed E-state index contributed by atoms with van der Waals surface area (Å²) in [5.74, 6) is -0.0190. The van der Waals surface area contributed by atoms with Crippen LogP contribution in [0, 0.1) is 11.3 Å². The Labute approximate surface area is 89.5 Å². The van der Waals surface area contributed by atoms with E-state index in [2.05, 4.69) is 4.98 Å². The summed E-state index contributed by atoms with van der Waals surface area (Å²) in [6.07, 6.45) is 0.682. The number of pyridine rings is 1. The average Bonchev–Trinajstić information content (AvgIpc) is 2.28. The molecule has 0 unspecified atom stereocenters. The molecule has 0 atom stereocenters. The molecule has 0 radical (unpaired) electrons. The molecule has 0 spiro atoms. The van der Waals surface area contributed by atoms with Gasteiger partial charge >= 0.3 is 0 Å². The first-order chi connectivity index (χ1) is 7.05. The third kappa shape index (κ3) is 2.34. The van der Waals surface area contributed by atoms with Gasteiger partial charge in [-0.25, -0.2) is 13.4 Å². The molecule has 5 heteroatoms. The Morgan fingerprint density at radius 1 is 1.40 bits per heavy atom. The Kier molecular flexibility index (Phi) is 3.43. The summed E-state index contributed by atoms with van der Waals surface area (Å²) in [7, 11) is -3.35. The van der Waals surface area contributed by atoms with Crippen LogP contribution in [-0.4, -0.2) is 19.2 Å². The van der Waals surface area contributed by atoms with Crippen LogP contribution < -0.4 is 0 Å². The first-order valence-corrected chi connectivity index (χ1v) is 6.33. The van der Waals surface area contributed by atoms with Gasteiger partial charge in [0.05, 0.1) is 5.75 Å². The molecule has 1 aromatic heterocycles. The third-order valence-corrected chi connectivity index (χ3v) is 3.86. The summed E-state index contributed by atoms with van der Waals surface area (Å²) in [6, 6.07) is 4.92. The Bertz CT molecular complexity index is 501. The van der Waals surface area contributed by atoms with E-state index in [1.807, 2.05) is 13.0 Å². The quantitative estimate of drug-likeness (QED) is 0.776. The minimum atomic E-state index is -3.35. The fraction of sp³-hybridized carbons (Fsp3) is 0.400. The van der Waals surface area contributed by atoms with E-state index in [4.69, 9.17) is 5.26 Å². The number of hydrogen-bond donors (Lipinski definition) is 0. The van der Waals surface area contributed by atoms with Gasteiger partial charge in [-0.05, 0) is 18.6 Å². The van der Waals surface area contributed by atoms with Crippen LogP contribution in [0.3, 0.4) is 0 Å². The molecule has 0 amide bonds. The van der Waals surface area contributed by atoms with Crippen molar-refractivity contribution in [3.63, 3.8) is 0 Å². The smallest absolute Gasteiger partial charge is 0.180 e. The predicted molar refractivity (Wildman–Crippen MR) is 56.1 cm³/mol. The van der Waals surface area contributed by atoms with Crippen molar-refractivity contribution < 1.29 is 8.42 Å². The second-order valence-electron chi connectivity index (χ2n) is 3.02. The first-order valence-electron chi connectivity index (χ1n) is 4.68. The lowest BCUT2D eigenvalue weighted by molar-refractivity contribution is 0.596. The second kappa shape index (κ2) is 4.41. The van der Waals surface area contributed by atoms with Crippen molar-refractivity contribution in [1.29, 1.82) is 5.26 Å². The molecule has 0 aliphatic carbocycles. The van der Waals surface area contributed by atoms with Crippen molar-refractivity contribution in [2.24, 2.45) is 0 Å². The molecule has 0 N–H and O–H groups in total. The molecular formula is C10H12N2O2S. The zero-order valence-electron chi connectivity index (χ0n) is 8.69. The predicted octanol–water partition coefficient (Wildman–Crippen LogP) is 1.31. The minimum absolute atomic E-state index is 0.00352. The number of hydrogen-bond acceptors (Lipinski definition) is 4. The van der Waals surface area contributed by atoms with E-state index in [-0.39, 0.29) is 16.3 Å². The third-order valence-electron chi connectivity index (χ3n) is 2.10. The van der Waals surface area contributed by atoms with Gasteiger partial charge in [0, 0.05) is 5.69 Å². The van der Waals surface area contributed by atoms with Gasteiger partial charge in [0.1, 0.15) is 11.0 Å². The molecule has 0 fully saturated rings. The molecule has 1 rings (SSSR count). The molecule has 15 heavy (non-hydrogen) atoms. The van der Waals surface area contributed by atoms with Crippen LogP contribution in [0.5, 0.6) is 0 Å². The van der Waals surface area contributed by atoms with E-state index in [9.17, 15) is 8.42 Å². The molecule has 80 valence electrons. The van der Waals surface area contributed by atoms with Crippen LogP contribution in [0.4, 0.5) is 0 Å². The lowest BCUT2D eigenvalue weighted by Crippen LogP contribution is -2.08. The molecular weight excluding hydrogens is 212 g/mol. The molecule has 0 bridgehead atoms. The first kappa shape index (κ1) is 11.7. The number of sulfone groups is 1. The van der Waals surface area contributed by atoms with E-state index in [0.717, 1.165) is 5.69 Å². The zero-order valence-corrected chi connectivity index (χ0v) is 9.50. The summed E-state index contributed by atoms with van der Waals surface area (Å²) in [5.41, 5.74) is 0.720. The van der Waals surface area contributed by atoms with Gasteiger partial charge in [0.15, 0.2) is 15.5 Å². The molecule has 0 aliphatic heterocycles. The van der Waals surface area contributed by atoms with Gasteiger partial charge in [-0.1, -0.05) is 13.8 Å². The summed E-state index contributed by atoms with van der Waals surface area (Å²) < 4.78 is 23.2. The van der Waals surface area contributed by atoms with Gasteiger partial charge in [-0.15, -0.1) is 0 Å². The van der Waals surface area contributed by atoms with Crippen molar-refractivity contribution in [3.05, 3.63) is 23.5 Å². The van der Waals surface area contributed by atoms with Crippen LogP contribution in [0.2, 0.25) is 0 Å². The Morgan fingerprint density at radius 3 is 2.53 bits per heavy atom. The summed E-state index contributed by atoms with van der Waals surface area (Å²) in [6.45, 7) is 3.45. The highest BCUT2D eigenvalue weighted by atomic mass is 32.2. The van der Waals surface area contributed by atoms with E-state index < -0.39 is 9.84 Å². The van der Waals surface area contributed by atoms with Crippen LogP contribution in [-0.2, 0) is 16.3 Å². The highest BCUT2D eigenvalue weighted by Gasteiger charge is 2.17. The lowest BCUT2D eigenvalue weighted by Gasteiger charge is -2.04. The van der Waals surface area contributed by atoms with E-state index in [1.165, 1.54) is 6.07 Å². The van der Waals surface area contributed by atoms with Gasteiger partial charge in [-0.3, -0.25) is 0 Å². The Hall–Kier alpha value is -1.41. The molecule has 0 saturated heterocycles. The monoisotopic (exact) mass is 224 g/mol. The maximum absolute atomic E-state index is 11.6. The van der Waals surface area contributed by atoms with Crippen molar-refractivity contribution in [2.45, 2.75) is 25.2 Å². The number of aryl methyl sites for hydroxylation is 1. The molecule has 0 saturated carbocycles. The van der Waals surface area contributed by atoms with Crippen LogP contribution >= 0.6 is 0 Å². The molecule has 0 aromatic carbocycles.